The highest BCUT2D eigenvalue weighted by atomic mass is 16.2. The second kappa shape index (κ2) is 8.21. The summed E-state index contributed by atoms with van der Waals surface area (Å²) in [6.45, 7) is 3.78. The van der Waals surface area contributed by atoms with E-state index in [0.717, 1.165) is 28.1 Å². The highest BCUT2D eigenvalue weighted by Gasteiger charge is 2.12. The number of aryl methyl sites for hydroxylation is 1. The maximum atomic E-state index is 12.7. The van der Waals surface area contributed by atoms with Crippen LogP contribution in [0.5, 0.6) is 0 Å². The number of carbonyl (C=O) groups excluding carboxylic acids is 2. The first-order chi connectivity index (χ1) is 14.5. The summed E-state index contributed by atoms with van der Waals surface area (Å²) >= 11 is 0. The van der Waals surface area contributed by atoms with Gasteiger partial charge in [0.15, 0.2) is 0 Å². The standard InChI is InChI=1S/C24H22N4O2/c1-16-26-22-14-19(11-12-23(22)28(16)21-9-4-3-5-10-21)24(30)25-15-18-7-6-8-20(13-18)27-17(2)29/h3-14H,15H2,1-2H3,(H,25,30)(H,27,29). The molecule has 0 unspecified atom stereocenters. The van der Waals surface area contributed by atoms with E-state index in [9.17, 15) is 9.59 Å². The molecule has 3 aromatic carbocycles. The van der Waals surface area contributed by atoms with Gasteiger partial charge < -0.3 is 10.6 Å². The van der Waals surface area contributed by atoms with Crippen LogP contribution in [0.15, 0.2) is 72.8 Å². The second-order valence-electron chi connectivity index (χ2n) is 7.10. The van der Waals surface area contributed by atoms with E-state index in [1.165, 1.54) is 6.92 Å². The fourth-order valence-electron chi connectivity index (χ4n) is 3.49. The van der Waals surface area contributed by atoms with Gasteiger partial charge in [0.1, 0.15) is 5.82 Å². The second-order valence-corrected chi connectivity index (χ2v) is 7.10. The summed E-state index contributed by atoms with van der Waals surface area (Å²) in [5.74, 6) is 0.562. The van der Waals surface area contributed by atoms with Gasteiger partial charge in [0.2, 0.25) is 5.91 Å². The van der Waals surface area contributed by atoms with E-state index in [4.69, 9.17) is 0 Å². The fraction of sp³-hybridized carbons (Fsp3) is 0.125. The number of fused-ring (bicyclic) bond motifs is 1. The van der Waals surface area contributed by atoms with Crippen LogP contribution in [0.3, 0.4) is 0 Å². The minimum absolute atomic E-state index is 0.130. The molecular formula is C24H22N4O2. The summed E-state index contributed by atoms with van der Waals surface area (Å²) < 4.78 is 2.07. The lowest BCUT2D eigenvalue weighted by Gasteiger charge is -2.09. The molecule has 0 aliphatic carbocycles. The zero-order valence-corrected chi connectivity index (χ0v) is 16.8. The topological polar surface area (TPSA) is 76.0 Å². The summed E-state index contributed by atoms with van der Waals surface area (Å²) in [5, 5.41) is 5.67. The van der Waals surface area contributed by atoms with Gasteiger partial charge >= 0.3 is 0 Å². The van der Waals surface area contributed by atoms with Crippen molar-refractivity contribution < 1.29 is 9.59 Å². The number of benzene rings is 3. The third kappa shape index (κ3) is 4.07. The number of rotatable bonds is 5. The van der Waals surface area contributed by atoms with Crippen LogP contribution >= 0.6 is 0 Å². The molecule has 2 amide bonds. The van der Waals surface area contributed by atoms with Crippen molar-refractivity contribution in [2.75, 3.05) is 5.32 Å². The Balaban J connectivity index is 1.52. The molecule has 0 atom stereocenters. The van der Waals surface area contributed by atoms with Crippen LogP contribution in [0.25, 0.3) is 16.7 Å². The molecule has 30 heavy (non-hydrogen) atoms. The van der Waals surface area contributed by atoms with Crippen molar-refractivity contribution in [3.05, 3.63) is 89.7 Å². The first-order valence-corrected chi connectivity index (χ1v) is 9.70. The van der Waals surface area contributed by atoms with Gasteiger partial charge in [-0.2, -0.15) is 0 Å². The highest BCUT2D eigenvalue weighted by Crippen LogP contribution is 2.22. The van der Waals surface area contributed by atoms with E-state index in [0.29, 0.717) is 17.8 Å². The smallest absolute Gasteiger partial charge is 0.251 e. The molecule has 0 spiro atoms. The first-order valence-electron chi connectivity index (χ1n) is 9.70. The van der Waals surface area contributed by atoms with Crippen molar-refractivity contribution in [2.45, 2.75) is 20.4 Å². The number of anilines is 1. The van der Waals surface area contributed by atoms with E-state index in [1.807, 2.05) is 79.7 Å². The normalized spacial score (nSPS) is 10.7. The largest absolute Gasteiger partial charge is 0.348 e. The number of hydrogen-bond acceptors (Lipinski definition) is 3. The van der Waals surface area contributed by atoms with Gasteiger partial charge in [0, 0.05) is 30.4 Å². The van der Waals surface area contributed by atoms with Gasteiger partial charge in [0.25, 0.3) is 5.91 Å². The van der Waals surface area contributed by atoms with Crippen molar-refractivity contribution in [3.8, 4) is 5.69 Å². The van der Waals surface area contributed by atoms with Crippen molar-refractivity contribution in [1.82, 2.24) is 14.9 Å². The van der Waals surface area contributed by atoms with Crippen LogP contribution in [-0.4, -0.2) is 21.4 Å². The molecule has 4 rings (SSSR count). The molecule has 6 heteroatoms. The molecule has 150 valence electrons. The first kappa shape index (κ1) is 19.4. The molecule has 0 aliphatic rings. The predicted octanol–water partition coefficient (Wildman–Crippen LogP) is 4.22. The monoisotopic (exact) mass is 398 g/mol. The zero-order chi connectivity index (χ0) is 21.1. The van der Waals surface area contributed by atoms with Crippen LogP contribution < -0.4 is 10.6 Å². The number of carbonyl (C=O) groups is 2. The fourth-order valence-corrected chi connectivity index (χ4v) is 3.49. The number of hydrogen-bond donors (Lipinski definition) is 2. The Bertz CT molecular complexity index is 1230. The number of nitrogens with zero attached hydrogens (tertiary/aromatic N) is 2. The lowest BCUT2D eigenvalue weighted by atomic mass is 10.1. The molecule has 0 radical (unpaired) electrons. The van der Waals surface area contributed by atoms with E-state index in [2.05, 4.69) is 20.2 Å². The molecule has 4 aromatic rings. The molecular weight excluding hydrogens is 376 g/mol. The SMILES string of the molecule is CC(=O)Nc1cccc(CNC(=O)c2ccc3c(c2)nc(C)n3-c2ccccc2)c1. The quantitative estimate of drug-likeness (QED) is 0.528. The molecule has 1 aromatic heterocycles. The Hall–Kier alpha value is -3.93. The van der Waals surface area contributed by atoms with Crippen molar-refractivity contribution in [2.24, 2.45) is 0 Å². The average Bonchev–Trinajstić information content (AvgIpc) is 3.07. The van der Waals surface area contributed by atoms with E-state index in [-0.39, 0.29) is 11.8 Å². The Morgan fingerprint density at radius 1 is 0.967 bits per heavy atom. The van der Waals surface area contributed by atoms with Crippen LogP contribution in [0.2, 0.25) is 0 Å². The van der Waals surface area contributed by atoms with Crippen LogP contribution in [-0.2, 0) is 11.3 Å². The van der Waals surface area contributed by atoms with E-state index in [1.54, 1.807) is 0 Å². The Kier molecular flexibility index (Phi) is 5.30. The summed E-state index contributed by atoms with van der Waals surface area (Å²) in [6.07, 6.45) is 0. The lowest BCUT2D eigenvalue weighted by Crippen LogP contribution is -2.22. The molecule has 0 bridgehead atoms. The number of imidazole rings is 1. The van der Waals surface area contributed by atoms with Crippen LogP contribution in [0.1, 0.15) is 28.7 Å². The molecule has 0 saturated heterocycles. The molecule has 0 fully saturated rings. The van der Waals surface area contributed by atoms with E-state index < -0.39 is 0 Å². The molecule has 0 saturated carbocycles. The number of nitrogens with one attached hydrogen (secondary N) is 2. The van der Waals surface area contributed by atoms with Gasteiger partial charge in [-0.25, -0.2) is 4.98 Å². The Labute approximate surface area is 174 Å². The Morgan fingerprint density at radius 3 is 2.53 bits per heavy atom. The van der Waals surface area contributed by atoms with Crippen molar-refractivity contribution >= 4 is 28.5 Å². The van der Waals surface area contributed by atoms with Crippen molar-refractivity contribution in [1.29, 1.82) is 0 Å². The summed E-state index contributed by atoms with van der Waals surface area (Å²) in [5.41, 5.74) is 4.93. The predicted molar refractivity (Wildman–Crippen MR) is 118 cm³/mol. The number of amides is 2. The third-order valence-corrected chi connectivity index (χ3v) is 4.80. The summed E-state index contributed by atoms with van der Waals surface area (Å²) in [6, 6.07) is 23.0. The highest BCUT2D eigenvalue weighted by molar-refractivity contribution is 5.97. The number of para-hydroxylation sites is 1. The van der Waals surface area contributed by atoms with E-state index >= 15 is 0 Å². The maximum absolute atomic E-state index is 12.7. The summed E-state index contributed by atoms with van der Waals surface area (Å²) in [7, 11) is 0. The average molecular weight is 398 g/mol. The maximum Gasteiger partial charge on any atom is 0.251 e. The van der Waals surface area contributed by atoms with Crippen LogP contribution in [0, 0.1) is 6.92 Å². The lowest BCUT2D eigenvalue weighted by molar-refractivity contribution is -0.114. The van der Waals surface area contributed by atoms with Gasteiger partial charge in [-0.3, -0.25) is 14.2 Å². The molecule has 1 heterocycles. The third-order valence-electron chi connectivity index (χ3n) is 4.80. The Morgan fingerprint density at radius 2 is 1.77 bits per heavy atom. The minimum atomic E-state index is -0.172. The van der Waals surface area contributed by atoms with Gasteiger partial charge in [-0.15, -0.1) is 0 Å². The minimum Gasteiger partial charge on any atom is -0.348 e. The molecule has 6 nitrogen and oxygen atoms in total. The van der Waals surface area contributed by atoms with Gasteiger partial charge in [-0.05, 0) is 55.0 Å². The van der Waals surface area contributed by atoms with Crippen molar-refractivity contribution in [3.63, 3.8) is 0 Å². The van der Waals surface area contributed by atoms with Gasteiger partial charge in [-0.1, -0.05) is 30.3 Å². The number of aromatic nitrogens is 2. The van der Waals surface area contributed by atoms with Crippen LogP contribution in [0.4, 0.5) is 5.69 Å². The molecule has 2 N–H and O–H groups in total. The zero-order valence-electron chi connectivity index (χ0n) is 16.8. The summed E-state index contributed by atoms with van der Waals surface area (Å²) in [4.78, 5) is 28.5. The van der Waals surface area contributed by atoms with Gasteiger partial charge in [0.05, 0.1) is 11.0 Å². The molecule has 0 aliphatic heterocycles.